The van der Waals surface area contributed by atoms with Crippen molar-refractivity contribution in [2.24, 2.45) is 29.6 Å². The molecular formula is C26H23N3O5S3. The maximum absolute atomic E-state index is 13.6. The summed E-state index contributed by atoms with van der Waals surface area (Å²) in [4.78, 5) is 58.6. The number of anilines is 1. The second-order valence-corrected chi connectivity index (χ2v) is 13.2. The number of nitrogens with zero attached hydrogens (tertiary/aromatic N) is 1. The summed E-state index contributed by atoms with van der Waals surface area (Å²) >= 11 is 4.61. The summed E-state index contributed by atoms with van der Waals surface area (Å²) in [5, 5.41) is 5.89. The van der Waals surface area contributed by atoms with Gasteiger partial charge < -0.3 is 15.0 Å². The molecule has 7 unspecified atom stereocenters. The third-order valence-electron chi connectivity index (χ3n) is 8.34. The number of methoxy groups -OCH3 is 1. The van der Waals surface area contributed by atoms with Crippen LogP contribution in [0.4, 0.5) is 5.69 Å². The number of ether oxygens (including phenoxy) is 1. The Morgan fingerprint density at radius 2 is 1.86 bits per heavy atom. The van der Waals surface area contributed by atoms with Crippen LogP contribution in [0.15, 0.2) is 51.6 Å². The Hall–Kier alpha value is -2.89. The second kappa shape index (κ2) is 8.57. The van der Waals surface area contributed by atoms with Crippen LogP contribution in [-0.2, 0) is 14.4 Å². The third kappa shape index (κ3) is 3.47. The summed E-state index contributed by atoms with van der Waals surface area (Å²) in [6.07, 6.45) is 0.835. The molecule has 4 heterocycles. The van der Waals surface area contributed by atoms with Crippen molar-refractivity contribution in [1.29, 1.82) is 0 Å². The average molecular weight is 554 g/mol. The van der Waals surface area contributed by atoms with Crippen LogP contribution in [0.1, 0.15) is 22.1 Å². The molecule has 2 aliphatic carbocycles. The van der Waals surface area contributed by atoms with Crippen molar-refractivity contribution in [3.05, 3.63) is 61.2 Å². The molecule has 3 fully saturated rings. The van der Waals surface area contributed by atoms with E-state index in [1.165, 1.54) is 21.1 Å². The minimum atomic E-state index is -0.401. The topological polar surface area (TPSA) is 109 Å². The maximum Gasteiger partial charge on any atom is 0.305 e. The number of hydrogen-bond donors (Lipinski definition) is 2. The van der Waals surface area contributed by atoms with Gasteiger partial charge in [-0.1, -0.05) is 17.4 Å². The van der Waals surface area contributed by atoms with Gasteiger partial charge in [-0.3, -0.25) is 24.1 Å². The zero-order valence-corrected chi connectivity index (χ0v) is 22.2. The number of thioether (sulfide) groups is 1. The van der Waals surface area contributed by atoms with Crippen molar-refractivity contribution in [2.75, 3.05) is 19.0 Å². The number of fused-ring (bicyclic) bond motifs is 9. The van der Waals surface area contributed by atoms with E-state index in [1.807, 2.05) is 11.4 Å². The Kier molecular flexibility index (Phi) is 5.38. The zero-order chi connectivity index (χ0) is 25.4. The first-order chi connectivity index (χ1) is 17.9. The van der Waals surface area contributed by atoms with Gasteiger partial charge in [0.05, 0.1) is 24.0 Å². The number of nitrogens with one attached hydrogen (secondary N) is 2. The lowest BCUT2D eigenvalue weighted by atomic mass is 9.69. The van der Waals surface area contributed by atoms with E-state index >= 15 is 0 Å². The van der Waals surface area contributed by atoms with Gasteiger partial charge in [0, 0.05) is 26.6 Å². The number of benzene rings is 1. The number of likely N-dealkylation sites (tertiary alicyclic amines) is 1. The van der Waals surface area contributed by atoms with E-state index in [0.717, 1.165) is 16.3 Å². The van der Waals surface area contributed by atoms with Gasteiger partial charge >= 0.3 is 4.87 Å². The van der Waals surface area contributed by atoms with Gasteiger partial charge in [-0.2, -0.15) is 0 Å². The van der Waals surface area contributed by atoms with E-state index in [2.05, 4.69) is 16.4 Å². The van der Waals surface area contributed by atoms with Gasteiger partial charge in [0.1, 0.15) is 12.3 Å². The number of aromatic amines is 1. The lowest BCUT2D eigenvalue weighted by Crippen LogP contribution is -2.42. The Balaban J connectivity index is 1.15. The first-order valence-electron chi connectivity index (χ1n) is 12.2. The molecule has 2 bridgehead atoms. The number of amides is 3. The number of aromatic nitrogens is 1. The predicted molar refractivity (Wildman–Crippen MR) is 141 cm³/mol. The Morgan fingerprint density at radius 3 is 2.57 bits per heavy atom. The molecule has 190 valence electrons. The van der Waals surface area contributed by atoms with Crippen LogP contribution in [-0.4, -0.2) is 46.5 Å². The number of H-pyrrole nitrogens is 1. The van der Waals surface area contributed by atoms with Crippen molar-refractivity contribution >= 4 is 57.8 Å². The van der Waals surface area contributed by atoms with Crippen LogP contribution in [0.25, 0.3) is 0 Å². The van der Waals surface area contributed by atoms with Crippen LogP contribution in [0.2, 0.25) is 0 Å². The monoisotopic (exact) mass is 553 g/mol. The van der Waals surface area contributed by atoms with Crippen LogP contribution in [0.3, 0.4) is 0 Å². The molecule has 37 heavy (non-hydrogen) atoms. The quantitative estimate of drug-likeness (QED) is 0.468. The number of rotatable bonds is 5. The lowest BCUT2D eigenvalue weighted by molar-refractivity contribution is -0.143. The molecule has 11 heteroatoms. The molecule has 3 aromatic rings. The Labute approximate surface area is 224 Å². The Bertz CT molecular complexity index is 1460. The standard InChI is InChI=1S/C26H23N3O5S3/c1-34-12-6-4-11(5-7-12)27-16(30)10-29-24(31)18-13-9-14(19(18)25(29)32)21-17(13)20(15-3-2-8-35-15)22-23(36-21)28-26(33)37-22/h2-8,13-14,17-21H,9-10H2,1H3,(H,27,30)(H,28,33). The molecular weight excluding hydrogens is 531 g/mol. The lowest BCUT2D eigenvalue weighted by Gasteiger charge is -2.42. The SMILES string of the molecule is COc1ccc(NC(=O)CN2C(=O)C3C4CC(C3C2=O)C2C(c3cccs3)c3sc(=O)[nH]c3SC42)cc1. The molecule has 1 saturated heterocycles. The maximum atomic E-state index is 13.6. The molecule has 4 aliphatic rings. The van der Waals surface area contributed by atoms with E-state index in [0.29, 0.717) is 11.4 Å². The van der Waals surface area contributed by atoms with E-state index in [4.69, 9.17) is 4.74 Å². The number of carbonyl (C=O) groups is 3. The van der Waals surface area contributed by atoms with Gasteiger partial charge in [0.2, 0.25) is 17.7 Å². The number of hydrogen-bond acceptors (Lipinski definition) is 8. The van der Waals surface area contributed by atoms with Gasteiger partial charge in [0.15, 0.2) is 0 Å². The third-order valence-corrected chi connectivity index (χ3v) is 11.9. The summed E-state index contributed by atoms with van der Waals surface area (Å²) in [7, 11) is 1.57. The van der Waals surface area contributed by atoms with Crippen molar-refractivity contribution in [1.82, 2.24) is 9.88 Å². The van der Waals surface area contributed by atoms with Crippen molar-refractivity contribution < 1.29 is 19.1 Å². The number of thiazole rings is 1. The smallest absolute Gasteiger partial charge is 0.305 e. The van der Waals surface area contributed by atoms with Crippen molar-refractivity contribution in [2.45, 2.75) is 22.6 Å². The molecule has 7 rings (SSSR count). The van der Waals surface area contributed by atoms with Gasteiger partial charge in [-0.25, -0.2) is 0 Å². The number of carbonyl (C=O) groups excluding carboxylic acids is 3. The fourth-order valence-electron chi connectivity index (χ4n) is 7.04. The summed E-state index contributed by atoms with van der Waals surface area (Å²) in [6, 6.07) is 11.0. The fraction of sp³-hybridized carbons (Fsp3) is 0.385. The molecule has 0 spiro atoms. The largest absolute Gasteiger partial charge is 0.497 e. The van der Waals surface area contributed by atoms with Crippen LogP contribution < -0.4 is 14.9 Å². The molecule has 2 N–H and O–H groups in total. The number of thiophene rings is 1. The summed E-state index contributed by atoms with van der Waals surface area (Å²) in [6.45, 7) is -0.284. The minimum absolute atomic E-state index is 0.0510. The minimum Gasteiger partial charge on any atom is -0.497 e. The molecule has 2 aliphatic heterocycles. The molecule has 2 aromatic heterocycles. The molecule has 1 aromatic carbocycles. The highest BCUT2D eigenvalue weighted by Crippen LogP contribution is 2.68. The van der Waals surface area contributed by atoms with E-state index in [9.17, 15) is 19.2 Å². The van der Waals surface area contributed by atoms with Crippen molar-refractivity contribution in [3.8, 4) is 5.75 Å². The fourth-order valence-corrected chi connectivity index (χ4v) is 10.9. The predicted octanol–water partition coefficient (Wildman–Crippen LogP) is 3.62. The van der Waals surface area contributed by atoms with E-state index in [1.54, 1.807) is 54.5 Å². The summed E-state index contributed by atoms with van der Waals surface area (Å²) in [5.74, 6) is -0.644. The molecule has 3 amide bonds. The first-order valence-corrected chi connectivity index (χ1v) is 14.7. The van der Waals surface area contributed by atoms with Gasteiger partial charge in [0.25, 0.3) is 0 Å². The normalized spacial score (nSPS) is 31.3. The van der Waals surface area contributed by atoms with Gasteiger partial charge in [-0.05, 0) is 59.9 Å². The number of imide groups is 1. The zero-order valence-electron chi connectivity index (χ0n) is 19.7. The van der Waals surface area contributed by atoms with Gasteiger partial charge in [-0.15, -0.1) is 23.1 Å². The van der Waals surface area contributed by atoms with E-state index in [-0.39, 0.29) is 52.2 Å². The van der Waals surface area contributed by atoms with Crippen LogP contribution in [0.5, 0.6) is 5.75 Å². The molecule has 0 radical (unpaired) electrons. The highest BCUT2D eigenvalue weighted by Gasteiger charge is 2.69. The highest BCUT2D eigenvalue weighted by atomic mass is 32.2. The molecule has 8 nitrogen and oxygen atoms in total. The highest BCUT2D eigenvalue weighted by molar-refractivity contribution is 8.00. The van der Waals surface area contributed by atoms with Crippen LogP contribution >= 0.6 is 34.4 Å². The Morgan fingerprint density at radius 1 is 1.11 bits per heavy atom. The summed E-state index contributed by atoms with van der Waals surface area (Å²) in [5.41, 5.74) is 0.575. The van der Waals surface area contributed by atoms with Crippen LogP contribution in [0, 0.1) is 29.6 Å². The van der Waals surface area contributed by atoms with Crippen molar-refractivity contribution in [3.63, 3.8) is 0 Å². The molecule has 2 saturated carbocycles. The first kappa shape index (κ1) is 23.2. The molecule has 7 atom stereocenters. The summed E-state index contributed by atoms with van der Waals surface area (Å²) < 4.78 is 5.14. The second-order valence-electron chi connectivity index (χ2n) is 10.0. The average Bonchev–Trinajstić information content (AvgIpc) is 3.70. The van der Waals surface area contributed by atoms with E-state index < -0.39 is 17.7 Å².